The van der Waals surface area contributed by atoms with Crippen LogP contribution in [0.2, 0.25) is 0 Å². The fourth-order valence-electron chi connectivity index (χ4n) is 6.54. The smallest absolute Gasteiger partial charge is 0.336 e. The van der Waals surface area contributed by atoms with Crippen molar-refractivity contribution in [2.75, 3.05) is 32.8 Å². The Bertz CT molecular complexity index is 1360. The number of quaternary nitrogens is 1. The summed E-state index contributed by atoms with van der Waals surface area (Å²) in [5, 5.41) is 13.3. The second-order valence-electron chi connectivity index (χ2n) is 10.4. The van der Waals surface area contributed by atoms with Crippen LogP contribution in [0.25, 0.3) is 11.0 Å². The molecule has 3 aliphatic heterocycles. The lowest BCUT2D eigenvalue weighted by molar-refractivity contribution is -0.948. The van der Waals surface area contributed by atoms with Gasteiger partial charge in [0.2, 0.25) is 0 Å². The third-order valence-electron chi connectivity index (χ3n) is 8.49. The van der Waals surface area contributed by atoms with Crippen LogP contribution in [0.15, 0.2) is 100 Å². The van der Waals surface area contributed by atoms with Gasteiger partial charge in [-0.15, -0.1) is 0 Å². The number of rotatable bonds is 7. The van der Waals surface area contributed by atoms with Crippen molar-refractivity contribution in [1.82, 2.24) is 0 Å². The van der Waals surface area contributed by atoms with Crippen LogP contribution in [0, 0.1) is 11.8 Å². The first-order chi connectivity index (χ1) is 17.6. The van der Waals surface area contributed by atoms with Crippen LogP contribution in [0.5, 0.6) is 5.75 Å². The summed E-state index contributed by atoms with van der Waals surface area (Å²) in [6.07, 6.45) is 2.24. The summed E-state index contributed by atoms with van der Waals surface area (Å²) in [5.41, 5.74) is 1.11. The van der Waals surface area contributed by atoms with Crippen molar-refractivity contribution in [3.8, 4) is 5.75 Å². The Morgan fingerprint density at radius 1 is 0.892 bits per heavy atom. The summed E-state index contributed by atoms with van der Waals surface area (Å²) in [6.45, 7) is 4.64. The van der Waals surface area contributed by atoms with Crippen molar-refractivity contribution in [1.29, 1.82) is 0 Å². The highest BCUT2D eigenvalue weighted by Gasteiger charge is 2.54. The van der Waals surface area contributed by atoms with E-state index in [0.717, 1.165) is 60.0 Å². The quantitative estimate of drug-likeness (QED) is 0.277. The molecule has 6 heteroatoms. The Labute approximate surface area is 227 Å². The molecule has 0 radical (unpaired) electrons. The van der Waals surface area contributed by atoms with E-state index >= 15 is 0 Å². The van der Waals surface area contributed by atoms with Crippen molar-refractivity contribution >= 4 is 11.0 Å². The minimum absolute atomic E-state index is 0. The summed E-state index contributed by atoms with van der Waals surface area (Å²) < 4.78 is 12.4. The molecule has 5 nitrogen and oxygen atoms in total. The molecule has 192 valence electrons. The molecule has 1 N–H and O–H groups in total. The average Bonchev–Trinajstić information content (AvgIpc) is 2.94. The van der Waals surface area contributed by atoms with Crippen LogP contribution >= 0.6 is 0 Å². The number of benzene rings is 3. The van der Waals surface area contributed by atoms with E-state index in [1.165, 1.54) is 6.07 Å². The van der Waals surface area contributed by atoms with Crippen LogP contribution in [0.1, 0.15) is 24.0 Å². The van der Waals surface area contributed by atoms with E-state index in [4.69, 9.17) is 9.15 Å². The lowest BCUT2D eigenvalue weighted by Crippen LogP contribution is -3.00. The highest BCUT2D eigenvalue weighted by atomic mass is 79.9. The van der Waals surface area contributed by atoms with Crippen molar-refractivity contribution in [3.63, 3.8) is 0 Å². The lowest BCUT2D eigenvalue weighted by atomic mass is 9.64. The summed E-state index contributed by atoms with van der Waals surface area (Å²) in [4.78, 5) is 11.6. The molecule has 0 aliphatic carbocycles. The minimum atomic E-state index is -1.02. The highest BCUT2D eigenvalue weighted by molar-refractivity contribution is 5.77. The van der Waals surface area contributed by atoms with E-state index in [9.17, 15) is 9.90 Å². The molecule has 4 heterocycles. The van der Waals surface area contributed by atoms with Gasteiger partial charge in [0.05, 0.1) is 19.6 Å². The topological polar surface area (TPSA) is 59.7 Å². The SMILES string of the molecule is O=c1ccc2ccc(OCC[N+]34CCC(CC3)C(C(O)(c3ccccc3)c3ccccc3)C4)cc2o1.[Br-]. The van der Waals surface area contributed by atoms with E-state index in [1.54, 1.807) is 12.1 Å². The maximum atomic E-state index is 12.5. The molecular formula is C31H32BrNO4. The van der Waals surface area contributed by atoms with Gasteiger partial charge in [-0.25, -0.2) is 4.79 Å². The van der Waals surface area contributed by atoms with Crippen molar-refractivity contribution in [3.05, 3.63) is 113 Å². The molecule has 4 aromatic rings. The minimum Gasteiger partial charge on any atom is -1.00 e. The molecule has 1 unspecified atom stereocenters. The molecule has 1 atom stereocenters. The number of hydrogen-bond acceptors (Lipinski definition) is 4. The van der Waals surface area contributed by atoms with Gasteiger partial charge in [0.1, 0.15) is 30.1 Å². The first-order valence-electron chi connectivity index (χ1n) is 12.9. The third-order valence-corrected chi connectivity index (χ3v) is 8.49. The zero-order chi connectivity index (χ0) is 24.6. The summed E-state index contributed by atoms with van der Waals surface area (Å²) >= 11 is 0. The number of halogens is 1. The van der Waals surface area contributed by atoms with Gasteiger partial charge >= 0.3 is 5.63 Å². The Kier molecular flexibility index (Phi) is 7.26. The predicted octanol–water partition coefficient (Wildman–Crippen LogP) is 1.97. The first-order valence-corrected chi connectivity index (χ1v) is 12.9. The molecule has 7 rings (SSSR count). The fourth-order valence-corrected chi connectivity index (χ4v) is 6.54. The standard InChI is InChI=1S/C31H32NO4.BrH/c33-30-14-12-24-11-13-27(21-29(24)36-30)35-20-19-32-17-15-23(16-18-32)28(22-32)31(34,25-7-3-1-4-8-25)26-9-5-2-6-10-26;/h1-14,21,23,28,34H,15-20,22H2;1H/q+1;/p-1. The molecule has 1 aromatic heterocycles. The zero-order valence-electron chi connectivity index (χ0n) is 20.8. The van der Waals surface area contributed by atoms with Gasteiger partial charge in [-0.1, -0.05) is 60.7 Å². The van der Waals surface area contributed by atoms with E-state index in [1.807, 2.05) is 48.5 Å². The van der Waals surface area contributed by atoms with Gasteiger partial charge in [0.25, 0.3) is 0 Å². The monoisotopic (exact) mass is 561 g/mol. The van der Waals surface area contributed by atoms with Crippen LogP contribution in [0.3, 0.4) is 0 Å². The molecule has 3 saturated heterocycles. The summed E-state index contributed by atoms with van der Waals surface area (Å²) in [6, 6.07) is 29.2. The second-order valence-corrected chi connectivity index (χ2v) is 10.4. The van der Waals surface area contributed by atoms with Gasteiger partial charge in [-0.05, 0) is 35.2 Å². The van der Waals surface area contributed by atoms with E-state index in [-0.39, 0.29) is 28.5 Å². The molecule has 0 amide bonds. The van der Waals surface area contributed by atoms with Gasteiger partial charge in [0, 0.05) is 36.3 Å². The van der Waals surface area contributed by atoms with E-state index in [0.29, 0.717) is 23.9 Å². The molecule has 0 saturated carbocycles. The van der Waals surface area contributed by atoms with Crippen LogP contribution in [0.4, 0.5) is 0 Å². The van der Waals surface area contributed by atoms with E-state index < -0.39 is 5.60 Å². The van der Waals surface area contributed by atoms with Crippen molar-refractivity contribution in [2.24, 2.45) is 11.8 Å². The third kappa shape index (κ3) is 4.86. The number of nitrogens with zero attached hydrogens (tertiary/aromatic N) is 1. The summed E-state index contributed by atoms with van der Waals surface area (Å²) in [5.74, 6) is 1.35. The largest absolute Gasteiger partial charge is 1.00 e. The number of piperidine rings is 3. The average molecular weight is 563 g/mol. The molecule has 2 bridgehead atoms. The summed E-state index contributed by atoms with van der Waals surface area (Å²) in [7, 11) is 0. The van der Waals surface area contributed by atoms with Gasteiger partial charge in [-0.2, -0.15) is 0 Å². The van der Waals surface area contributed by atoms with Crippen molar-refractivity contribution < 1.29 is 35.7 Å². The lowest BCUT2D eigenvalue weighted by Gasteiger charge is -2.56. The fraction of sp³-hybridized carbons (Fsp3) is 0.323. The number of fused-ring (bicyclic) bond motifs is 4. The first kappa shape index (κ1) is 25.7. The van der Waals surface area contributed by atoms with Crippen LogP contribution < -0.4 is 27.3 Å². The molecule has 37 heavy (non-hydrogen) atoms. The Morgan fingerprint density at radius 3 is 2.16 bits per heavy atom. The molecular weight excluding hydrogens is 530 g/mol. The Balaban J connectivity index is 0.00000280. The zero-order valence-corrected chi connectivity index (χ0v) is 22.3. The molecule has 0 spiro atoms. The number of aliphatic hydroxyl groups is 1. The van der Waals surface area contributed by atoms with Crippen LogP contribution in [-0.4, -0.2) is 42.4 Å². The number of ether oxygens (including phenoxy) is 1. The van der Waals surface area contributed by atoms with Gasteiger partial charge in [0.15, 0.2) is 0 Å². The maximum absolute atomic E-state index is 12.5. The normalized spacial score (nSPS) is 22.9. The van der Waals surface area contributed by atoms with E-state index in [2.05, 4.69) is 24.3 Å². The van der Waals surface area contributed by atoms with Crippen molar-refractivity contribution in [2.45, 2.75) is 18.4 Å². The molecule has 3 aromatic carbocycles. The molecule has 3 fully saturated rings. The second kappa shape index (κ2) is 10.4. The molecule has 3 aliphatic rings. The van der Waals surface area contributed by atoms with Gasteiger partial charge in [-0.3, -0.25) is 0 Å². The van der Waals surface area contributed by atoms with Crippen LogP contribution in [-0.2, 0) is 5.60 Å². The predicted molar refractivity (Wildman–Crippen MR) is 140 cm³/mol. The Hall–Kier alpha value is -2.93. The highest BCUT2D eigenvalue weighted by Crippen LogP contribution is 2.49. The Morgan fingerprint density at radius 2 is 1.51 bits per heavy atom. The van der Waals surface area contributed by atoms with Gasteiger partial charge < -0.3 is 35.7 Å². The number of hydrogen-bond donors (Lipinski definition) is 1. The maximum Gasteiger partial charge on any atom is 0.336 e.